The highest BCUT2D eigenvalue weighted by Gasteiger charge is 2.19. The van der Waals surface area contributed by atoms with E-state index < -0.39 is 0 Å². The molecule has 0 aliphatic carbocycles. The topological polar surface area (TPSA) is 46.9 Å². The van der Waals surface area contributed by atoms with Crippen LogP contribution in [-0.4, -0.2) is 15.5 Å². The molecular weight excluding hydrogens is 394 g/mol. The van der Waals surface area contributed by atoms with Gasteiger partial charge in [0.15, 0.2) is 0 Å². The molecular formula is C25H22ClN3O. The molecule has 0 fully saturated rings. The number of allylic oxidation sites excluding steroid dienone is 1. The van der Waals surface area contributed by atoms with Crippen molar-refractivity contribution in [3.05, 3.63) is 107 Å². The molecule has 1 heterocycles. The van der Waals surface area contributed by atoms with Crippen LogP contribution in [0.25, 0.3) is 17.1 Å². The van der Waals surface area contributed by atoms with Crippen LogP contribution in [0.2, 0.25) is 5.02 Å². The van der Waals surface area contributed by atoms with Gasteiger partial charge in [-0.25, -0.2) is 4.98 Å². The van der Waals surface area contributed by atoms with Crippen LogP contribution >= 0.6 is 11.6 Å². The lowest BCUT2D eigenvalue weighted by Gasteiger charge is -2.16. The van der Waals surface area contributed by atoms with Gasteiger partial charge in [0.2, 0.25) is 0 Å². The molecule has 0 saturated heterocycles. The molecule has 1 aromatic heterocycles. The Morgan fingerprint density at radius 2 is 1.73 bits per heavy atom. The molecule has 0 aliphatic rings. The summed E-state index contributed by atoms with van der Waals surface area (Å²) in [5, 5.41) is 3.46. The number of halogens is 1. The molecule has 4 aromatic rings. The number of nitrogens with zero attached hydrogens (tertiary/aromatic N) is 2. The molecule has 0 aliphatic heterocycles. The van der Waals surface area contributed by atoms with E-state index in [4.69, 9.17) is 16.6 Å². The highest BCUT2D eigenvalue weighted by molar-refractivity contribution is 6.33. The molecule has 0 spiro atoms. The maximum absolute atomic E-state index is 12.7. The minimum absolute atomic E-state index is 0.216. The summed E-state index contributed by atoms with van der Waals surface area (Å²) in [5.74, 6) is 0.584. The fourth-order valence-electron chi connectivity index (χ4n) is 3.46. The number of fused-ring (bicyclic) bond motifs is 1. The first-order valence-electron chi connectivity index (χ1n) is 9.85. The van der Waals surface area contributed by atoms with Crippen LogP contribution in [0.1, 0.15) is 34.7 Å². The highest BCUT2D eigenvalue weighted by Crippen LogP contribution is 2.22. The van der Waals surface area contributed by atoms with Gasteiger partial charge < -0.3 is 9.88 Å². The van der Waals surface area contributed by atoms with Crippen LogP contribution in [0.15, 0.2) is 84.9 Å². The smallest absolute Gasteiger partial charge is 0.253 e. The summed E-state index contributed by atoms with van der Waals surface area (Å²) < 4.78 is 2.13. The standard InChI is InChI=1S/C25H22ClN3O/c1-18(27-25(30)20-13-5-6-14-21(20)26)24-28-22-15-7-8-16-23(22)29(24)17-9-12-19-10-3-2-4-11-19/h2-16,18H,17H2,1H3,(H,27,30)/b12-9+. The SMILES string of the molecule is CC(NC(=O)c1ccccc1Cl)c1nc2ccccc2n1C/C=C/c1ccccc1. The van der Waals surface area contributed by atoms with E-state index in [1.165, 1.54) is 0 Å². The number of carbonyl (C=O) groups excluding carboxylic acids is 1. The molecule has 5 heteroatoms. The van der Waals surface area contributed by atoms with Gasteiger partial charge in [-0.2, -0.15) is 0 Å². The minimum Gasteiger partial charge on any atom is -0.342 e. The molecule has 3 aromatic carbocycles. The summed E-state index contributed by atoms with van der Waals surface area (Å²) in [6.07, 6.45) is 4.20. The maximum Gasteiger partial charge on any atom is 0.253 e. The van der Waals surface area contributed by atoms with Gasteiger partial charge in [0.1, 0.15) is 5.82 Å². The van der Waals surface area contributed by atoms with Gasteiger partial charge in [0.25, 0.3) is 5.91 Å². The largest absolute Gasteiger partial charge is 0.342 e. The van der Waals surface area contributed by atoms with Gasteiger partial charge >= 0.3 is 0 Å². The average molecular weight is 416 g/mol. The number of hydrogen-bond acceptors (Lipinski definition) is 2. The molecule has 0 saturated carbocycles. The lowest BCUT2D eigenvalue weighted by atomic mass is 10.2. The van der Waals surface area contributed by atoms with E-state index in [1.807, 2.05) is 49.4 Å². The minimum atomic E-state index is -0.286. The first-order chi connectivity index (χ1) is 14.6. The third kappa shape index (κ3) is 4.29. The van der Waals surface area contributed by atoms with Gasteiger partial charge in [-0.15, -0.1) is 0 Å². The summed E-state index contributed by atoms with van der Waals surface area (Å²) in [6, 6.07) is 24.9. The summed E-state index contributed by atoms with van der Waals surface area (Å²) in [6.45, 7) is 2.59. The number of aromatic nitrogens is 2. The van der Waals surface area contributed by atoms with Crippen molar-refractivity contribution in [2.24, 2.45) is 0 Å². The summed E-state index contributed by atoms with van der Waals surface area (Å²) in [5.41, 5.74) is 3.53. The predicted octanol–water partition coefficient (Wildman–Crippen LogP) is 5.89. The van der Waals surface area contributed by atoms with Crippen molar-refractivity contribution in [2.45, 2.75) is 19.5 Å². The van der Waals surface area contributed by atoms with Gasteiger partial charge in [0.05, 0.1) is 27.7 Å². The third-order valence-corrected chi connectivity index (χ3v) is 5.26. The molecule has 1 amide bonds. The van der Waals surface area contributed by atoms with E-state index in [-0.39, 0.29) is 11.9 Å². The number of imidazole rings is 1. The quantitative estimate of drug-likeness (QED) is 0.426. The molecule has 0 radical (unpaired) electrons. The lowest BCUT2D eigenvalue weighted by molar-refractivity contribution is 0.0938. The Hall–Kier alpha value is -3.37. The molecule has 30 heavy (non-hydrogen) atoms. The fourth-order valence-corrected chi connectivity index (χ4v) is 3.68. The first kappa shape index (κ1) is 19.9. The number of rotatable bonds is 6. The van der Waals surface area contributed by atoms with Gasteiger partial charge in [0, 0.05) is 6.54 Å². The van der Waals surface area contributed by atoms with Gasteiger partial charge in [-0.05, 0) is 36.8 Å². The third-order valence-electron chi connectivity index (χ3n) is 4.94. The molecule has 0 bridgehead atoms. The van der Waals surface area contributed by atoms with E-state index in [0.717, 1.165) is 22.4 Å². The number of benzene rings is 3. The van der Waals surface area contributed by atoms with Crippen molar-refractivity contribution in [3.63, 3.8) is 0 Å². The zero-order valence-corrected chi connectivity index (χ0v) is 17.4. The molecule has 4 rings (SSSR count). The molecule has 1 unspecified atom stereocenters. The van der Waals surface area contributed by atoms with Crippen LogP contribution < -0.4 is 5.32 Å². The van der Waals surface area contributed by atoms with Gasteiger partial charge in [-0.1, -0.05) is 78.4 Å². The van der Waals surface area contributed by atoms with Gasteiger partial charge in [-0.3, -0.25) is 4.79 Å². The second kappa shape index (κ2) is 8.97. The fraction of sp³-hybridized carbons (Fsp3) is 0.120. The summed E-state index contributed by atoms with van der Waals surface area (Å²) in [7, 11) is 0. The van der Waals surface area contributed by atoms with E-state index in [2.05, 4.69) is 34.2 Å². The van der Waals surface area contributed by atoms with Crippen molar-refractivity contribution in [1.29, 1.82) is 0 Å². The average Bonchev–Trinajstić information content (AvgIpc) is 3.14. The number of carbonyl (C=O) groups is 1. The zero-order valence-electron chi connectivity index (χ0n) is 16.6. The first-order valence-corrected chi connectivity index (χ1v) is 10.2. The highest BCUT2D eigenvalue weighted by atomic mass is 35.5. The van der Waals surface area contributed by atoms with Crippen LogP contribution in [0.4, 0.5) is 0 Å². The molecule has 150 valence electrons. The number of amides is 1. The van der Waals surface area contributed by atoms with E-state index >= 15 is 0 Å². The predicted molar refractivity (Wildman–Crippen MR) is 123 cm³/mol. The van der Waals surface area contributed by atoms with Crippen LogP contribution in [0.3, 0.4) is 0 Å². The van der Waals surface area contributed by atoms with Crippen LogP contribution in [-0.2, 0) is 6.54 Å². The Bertz CT molecular complexity index is 1200. The number of para-hydroxylation sites is 2. The summed E-state index contributed by atoms with van der Waals surface area (Å²) in [4.78, 5) is 17.5. The molecule has 1 atom stereocenters. The Morgan fingerprint density at radius 3 is 2.53 bits per heavy atom. The van der Waals surface area contributed by atoms with Crippen molar-refractivity contribution < 1.29 is 4.79 Å². The van der Waals surface area contributed by atoms with Crippen molar-refractivity contribution in [3.8, 4) is 0 Å². The van der Waals surface area contributed by atoms with Crippen molar-refractivity contribution >= 4 is 34.6 Å². The van der Waals surface area contributed by atoms with Crippen molar-refractivity contribution in [1.82, 2.24) is 14.9 Å². The maximum atomic E-state index is 12.7. The Kier molecular flexibility index (Phi) is 5.96. The van der Waals surface area contributed by atoms with Crippen LogP contribution in [0, 0.1) is 0 Å². The summed E-state index contributed by atoms with van der Waals surface area (Å²) >= 11 is 6.18. The lowest BCUT2D eigenvalue weighted by Crippen LogP contribution is -2.29. The second-order valence-corrected chi connectivity index (χ2v) is 7.46. The van der Waals surface area contributed by atoms with Crippen LogP contribution in [0.5, 0.6) is 0 Å². The van der Waals surface area contributed by atoms with Crippen molar-refractivity contribution in [2.75, 3.05) is 0 Å². The normalized spacial score (nSPS) is 12.3. The monoisotopic (exact) mass is 415 g/mol. The Morgan fingerprint density at radius 1 is 1.03 bits per heavy atom. The molecule has 4 nitrogen and oxygen atoms in total. The Labute approximate surface area is 180 Å². The van der Waals surface area contributed by atoms with E-state index in [9.17, 15) is 4.79 Å². The zero-order chi connectivity index (χ0) is 20.9. The van der Waals surface area contributed by atoms with E-state index in [0.29, 0.717) is 17.1 Å². The van der Waals surface area contributed by atoms with E-state index in [1.54, 1.807) is 24.3 Å². The second-order valence-electron chi connectivity index (χ2n) is 7.06. The Balaban J connectivity index is 1.61. The number of hydrogen-bond donors (Lipinski definition) is 1. The molecule has 1 N–H and O–H groups in total. The number of nitrogens with one attached hydrogen (secondary N) is 1.